The highest BCUT2D eigenvalue weighted by molar-refractivity contribution is 7.90. The van der Waals surface area contributed by atoms with E-state index in [2.05, 4.69) is 9.88 Å². The highest BCUT2D eigenvalue weighted by Gasteiger charge is 2.23. The molecule has 138 valence electrons. The van der Waals surface area contributed by atoms with E-state index in [1.165, 1.54) is 6.26 Å². The van der Waals surface area contributed by atoms with Gasteiger partial charge in [-0.2, -0.15) is 0 Å². The normalized spacial score (nSPS) is 16.4. The lowest BCUT2D eigenvalue weighted by Crippen LogP contribution is -2.34. The van der Waals surface area contributed by atoms with E-state index in [1.807, 2.05) is 22.9 Å². The Morgan fingerprint density at radius 3 is 2.48 bits per heavy atom. The molecule has 0 saturated carbocycles. The SMILES string of the molecule is COc1cc2ncc(N3CCC(CCS(C)(=O)=O)CC3)n2cc1OC. The summed E-state index contributed by atoms with van der Waals surface area (Å²) in [5.74, 6) is 3.10. The Bertz CT molecular complexity index is 839. The van der Waals surface area contributed by atoms with Gasteiger partial charge in [0.25, 0.3) is 0 Å². The molecule has 0 aromatic carbocycles. The smallest absolute Gasteiger partial charge is 0.177 e. The molecular weight excluding hydrogens is 342 g/mol. The summed E-state index contributed by atoms with van der Waals surface area (Å²) in [5.41, 5.74) is 0.812. The lowest BCUT2D eigenvalue weighted by atomic mass is 9.94. The lowest BCUT2D eigenvalue weighted by Gasteiger charge is -2.33. The van der Waals surface area contributed by atoms with Crippen LogP contribution in [0.4, 0.5) is 5.82 Å². The standard InChI is InChI=1S/C17H25N3O4S/c1-23-14-10-16-18-11-17(20(16)12-15(14)24-2)19-7-4-13(5-8-19)6-9-25(3,21)22/h10-13H,4-9H2,1-3H3. The van der Waals surface area contributed by atoms with Gasteiger partial charge in [-0.05, 0) is 25.2 Å². The molecule has 0 amide bonds. The minimum Gasteiger partial charge on any atom is -0.493 e. The summed E-state index contributed by atoms with van der Waals surface area (Å²) < 4.78 is 35.4. The lowest BCUT2D eigenvalue weighted by molar-refractivity contribution is 0.353. The van der Waals surface area contributed by atoms with Crippen molar-refractivity contribution in [3.63, 3.8) is 0 Å². The van der Waals surface area contributed by atoms with Crippen LogP contribution in [0.2, 0.25) is 0 Å². The molecule has 1 aliphatic heterocycles. The van der Waals surface area contributed by atoms with Crippen LogP contribution in [0.15, 0.2) is 18.5 Å². The van der Waals surface area contributed by atoms with E-state index in [-0.39, 0.29) is 5.75 Å². The minimum atomic E-state index is -2.88. The molecule has 0 spiro atoms. The third-order valence-corrected chi connectivity index (χ3v) is 5.81. The second-order valence-corrected chi connectivity index (χ2v) is 8.86. The van der Waals surface area contributed by atoms with Gasteiger partial charge in [0.05, 0.1) is 32.4 Å². The van der Waals surface area contributed by atoms with Gasteiger partial charge in [-0.1, -0.05) is 0 Å². The molecule has 1 aliphatic rings. The van der Waals surface area contributed by atoms with E-state index in [1.54, 1.807) is 14.2 Å². The number of hydrogen-bond acceptors (Lipinski definition) is 6. The first-order valence-corrected chi connectivity index (χ1v) is 10.5. The number of pyridine rings is 1. The van der Waals surface area contributed by atoms with Crippen molar-refractivity contribution in [1.29, 1.82) is 0 Å². The molecule has 0 radical (unpaired) electrons. The van der Waals surface area contributed by atoms with Crippen LogP contribution in [0.5, 0.6) is 11.5 Å². The summed E-state index contributed by atoms with van der Waals surface area (Å²) in [6.45, 7) is 1.80. The average Bonchev–Trinajstić information content (AvgIpc) is 3.01. The molecule has 0 atom stereocenters. The Hall–Kier alpha value is -1.96. The van der Waals surface area contributed by atoms with Crippen molar-refractivity contribution in [2.24, 2.45) is 5.92 Å². The molecule has 1 saturated heterocycles. The van der Waals surface area contributed by atoms with Crippen molar-refractivity contribution < 1.29 is 17.9 Å². The van der Waals surface area contributed by atoms with E-state index < -0.39 is 9.84 Å². The van der Waals surface area contributed by atoms with Gasteiger partial charge in [-0.15, -0.1) is 0 Å². The molecule has 0 unspecified atom stereocenters. The summed E-state index contributed by atoms with van der Waals surface area (Å²) in [5, 5.41) is 0. The maximum absolute atomic E-state index is 11.3. The molecule has 0 N–H and O–H groups in total. The van der Waals surface area contributed by atoms with Gasteiger partial charge in [-0.25, -0.2) is 13.4 Å². The number of imidazole rings is 1. The number of anilines is 1. The van der Waals surface area contributed by atoms with Gasteiger partial charge in [0.2, 0.25) is 0 Å². The molecule has 7 nitrogen and oxygen atoms in total. The minimum absolute atomic E-state index is 0.282. The quantitative estimate of drug-likeness (QED) is 0.778. The fraction of sp³-hybridized carbons (Fsp3) is 0.588. The largest absolute Gasteiger partial charge is 0.493 e. The van der Waals surface area contributed by atoms with E-state index in [9.17, 15) is 8.42 Å². The van der Waals surface area contributed by atoms with Crippen molar-refractivity contribution >= 4 is 21.3 Å². The van der Waals surface area contributed by atoms with E-state index in [0.717, 1.165) is 43.8 Å². The first-order valence-electron chi connectivity index (χ1n) is 8.43. The van der Waals surface area contributed by atoms with Crippen LogP contribution in [0.3, 0.4) is 0 Å². The monoisotopic (exact) mass is 367 g/mol. The van der Waals surface area contributed by atoms with Crippen LogP contribution >= 0.6 is 0 Å². The average molecular weight is 367 g/mol. The van der Waals surface area contributed by atoms with Crippen LogP contribution < -0.4 is 14.4 Å². The van der Waals surface area contributed by atoms with E-state index in [0.29, 0.717) is 17.4 Å². The topological polar surface area (TPSA) is 73.1 Å². The number of sulfone groups is 1. The fourth-order valence-corrected chi connectivity index (χ4v) is 4.11. The van der Waals surface area contributed by atoms with Crippen molar-refractivity contribution in [2.75, 3.05) is 44.2 Å². The Morgan fingerprint density at radius 2 is 1.88 bits per heavy atom. The predicted molar refractivity (Wildman–Crippen MR) is 97.6 cm³/mol. The van der Waals surface area contributed by atoms with Gasteiger partial charge in [-0.3, -0.25) is 4.40 Å². The van der Waals surface area contributed by atoms with Crippen molar-refractivity contribution in [1.82, 2.24) is 9.38 Å². The summed E-state index contributed by atoms with van der Waals surface area (Å²) in [6, 6.07) is 1.86. The molecule has 2 aromatic rings. The van der Waals surface area contributed by atoms with Gasteiger partial charge >= 0.3 is 0 Å². The number of methoxy groups -OCH3 is 2. The first kappa shape index (κ1) is 17.8. The van der Waals surface area contributed by atoms with Crippen molar-refractivity contribution in [2.45, 2.75) is 19.3 Å². The number of hydrogen-bond donors (Lipinski definition) is 0. The van der Waals surface area contributed by atoms with Crippen molar-refractivity contribution in [3.8, 4) is 11.5 Å². The van der Waals surface area contributed by atoms with E-state index >= 15 is 0 Å². The molecule has 3 rings (SSSR count). The Morgan fingerprint density at radius 1 is 1.20 bits per heavy atom. The summed E-state index contributed by atoms with van der Waals surface area (Å²) in [6.07, 6.45) is 7.82. The molecular formula is C17H25N3O4S. The zero-order valence-electron chi connectivity index (χ0n) is 14.9. The summed E-state index contributed by atoms with van der Waals surface area (Å²) in [7, 11) is 0.352. The summed E-state index contributed by atoms with van der Waals surface area (Å²) >= 11 is 0. The second kappa shape index (κ2) is 7.11. The molecule has 25 heavy (non-hydrogen) atoms. The van der Waals surface area contributed by atoms with Gasteiger partial charge in [0, 0.05) is 25.4 Å². The third-order valence-electron chi connectivity index (χ3n) is 4.83. The molecule has 1 fully saturated rings. The van der Waals surface area contributed by atoms with Gasteiger partial charge in [0.1, 0.15) is 21.3 Å². The maximum atomic E-state index is 11.3. The third kappa shape index (κ3) is 4.00. The molecule has 0 aliphatic carbocycles. The highest BCUT2D eigenvalue weighted by Crippen LogP contribution is 2.32. The van der Waals surface area contributed by atoms with Crippen molar-refractivity contribution in [3.05, 3.63) is 18.5 Å². The zero-order chi connectivity index (χ0) is 18.0. The molecule has 0 bridgehead atoms. The van der Waals surface area contributed by atoms with Gasteiger partial charge < -0.3 is 14.4 Å². The molecule has 2 aromatic heterocycles. The van der Waals surface area contributed by atoms with Crippen LogP contribution in [-0.4, -0.2) is 57.1 Å². The van der Waals surface area contributed by atoms with Crippen LogP contribution in [0, 0.1) is 5.92 Å². The Balaban J connectivity index is 1.73. The summed E-state index contributed by atoms with van der Waals surface area (Å²) in [4.78, 5) is 6.77. The fourth-order valence-electron chi connectivity index (χ4n) is 3.35. The zero-order valence-corrected chi connectivity index (χ0v) is 15.8. The number of aromatic nitrogens is 2. The molecule has 8 heteroatoms. The predicted octanol–water partition coefficient (Wildman–Crippen LogP) is 2.00. The van der Waals surface area contributed by atoms with Gasteiger partial charge in [0.15, 0.2) is 11.5 Å². The van der Waals surface area contributed by atoms with E-state index in [4.69, 9.17) is 9.47 Å². The number of nitrogens with zero attached hydrogens (tertiary/aromatic N) is 3. The Kier molecular flexibility index (Phi) is 5.08. The Labute approximate surface area is 148 Å². The maximum Gasteiger partial charge on any atom is 0.177 e. The second-order valence-electron chi connectivity index (χ2n) is 6.60. The highest BCUT2D eigenvalue weighted by atomic mass is 32.2. The van der Waals surface area contributed by atoms with Crippen LogP contribution in [0.25, 0.3) is 5.65 Å². The molecule has 3 heterocycles. The number of ether oxygens (including phenoxy) is 2. The number of rotatable bonds is 6. The number of fused-ring (bicyclic) bond motifs is 1. The van der Waals surface area contributed by atoms with Crippen LogP contribution in [0.1, 0.15) is 19.3 Å². The first-order chi connectivity index (χ1) is 11.9. The van der Waals surface area contributed by atoms with Crippen LogP contribution in [-0.2, 0) is 9.84 Å². The number of piperidine rings is 1.